The molecule has 0 radical (unpaired) electrons. The van der Waals surface area contributed by atoms with E-state index in [1.165, 1.54) is 48.5 Å². The molecule has 0 aliphatic carbocycles. The van der Waals surface area contributed by atoms with Gasteiger partial charge in [-0.2, -0.15) is 18.3 Å². The molecule has 2 aromatic carbocycles. The Morgan fingerprint density at radius 3 is 2.19 bits per heavy atom. The Kier molecular flexibility index (Phi) is 7.69. The minimum absolute atomic E-state index is 0.113. The van der Waals surface area contributed by atoms with Crippen molar-refractivity contribution in [1.29, 1.82) is 0 Å². The van der Waals surface area contributed by atoms with Crippen molar-refractivity contribution >= 4 is 17.5 Å². The van der Waals surface area contributed by atoms with Gasteiger partial charge in [0.1, 0.15) is 5.75 Å². The van der Waals surface area contributed by atoms with E-state index in [4.69, 9.17) is 11.6 Å². The maximum absolute atomic E-state index is 13.9. The van der Waals surface area contributed by atoms with Crippen molar-refractivity contribution in [1.82, 2.24) is 20.0 Å². The molecule has 3 aromatic rings. The first-order valence-corrected chi connectivity index (χ1v) is 11.6. The number of halogens is 7. The molecular formula is C24H21ClF6N4O2. The number of hydrogen-bond donors (Lipinski definition) is 1. The number of hydrogen-bond acceptors (Lipinski definition) is 4. The fourth-order valence-electron chi connectivity index (χ4n) is 4.12. The van der Waals surface area contributed by atoms with Crippen LogP contribution < -0.4 is 10.1 Å². The smallest absolute Gasteiger partial charge is 0.406 e. The van der Waals surface area contributed by atoms with Crippen LogP contribution in [0.2, 0.25) is 5.02 Å². The zero-order valence-corrected chi connectivity index (χ0v) is 19.9. The SMILES string of the molecule is O=C(NC1CCN(Cc2ccc(OC(F)(F)F)cc2)CC1)c1cnn(-c2ccc(Cl)cc2)c1C(F)(F)F. The van der Waals surface area contributed by atoms with E-state index >= 15 is 0 Å². The van der Waals surface area contributed by atoms with Crippen LogP contribution >= 0.6 is 11.6 Å². The maximum atomic E-state index is 13.9. The van der Waals surface area contributed by atoms with E-state index in [1.54, 1.807) is 0 Å². The van der Waals surface area contributed by atoms with Gasteiger partial charge in [-0.05, 0) is 54.8 Å². The van der Waals surface area contributed by atoms with Gasteiger partial charge in [-0.3, -0.25) is 9.69 Å². The molecule has 1 fully saturated rings. The number of carbonyl (C=O) groups excluding carboxylic acids is 1. The molecule has 0 unspecified atom stereocenters. The minimum atomic E-state index is -4.83. The van der Waals surface area contributed by atoms with Gasteiger partial charge in [0.05, 0.1) is 17.4 Å². The van der Waals surface area contributed by atoms with Gasteiger partial charge < -0.3 is 10.1 Å². The Bertz CT molecular complexity index is 1220. The third-order valence-electron chi connectivity index (χ3n) is 5.84. The van der Waals surface area contributed by atoms with Gasteiger partial charge in [-0.1, -0.05) is 23.7 Å². The largest absolute Gasteiger partial charge is 0.573 e. The highest BCUT2D eigenvalue weighted by molar-refractivity contribution is 6.30. The van der Waals surface area contributed by atoms with Crippen LogP contribution in [0.5, 0.6) is 5.75 Å². The highest BCUT2D eigenvalue weighted by Crippen LogP contribution is 2.34. The number of rotatable bonds is 6. The molecule has 1 N–H and O–H groups in total. The molecule has 198 valence electrons. The normalized spacial score (nSPS) is 15.5. The lowest BCUT2D eigenvalue weighted by Crippen LogP contribution is -2.44. The number of nitrogens with zero attached hydrogens (tertiary/aromatic N) is 3. The molecule has 1 amide bonds. The number of aromatic nitrogens is 2. The molecule has 1 aliphatic rings. The molecule has 1 aromatic heterocycles. The summed E-state index contributed by atoms with van der Waals surface area (Å²) in [5.74, 6) is -1.18. The summed E-state index contributed by atoms with van der Waals surface area (Å²) in [6, 6.07) is 10.8. The molecule has 0 spiro atoms. The summed E-state index contributed by atoms with van der Waals surface area (Å²) in [6.07, 6.45) is -7.70. The molecule has 0 bridgehead atoms. The van der Waals surface area contributed by atoms with Crippen molar-refractivity contribution in [3.8, 4) is 11.4 Å². The van der Waals surface area contributed by atoms with Crippen LogP contribution in [-0.4, -0.2) is 46.1 Å². The topological polar surface area (TPSA) is 59.4 Å². The maximum Gasteiger partial charge on any atom is 0.573 e. The predicted octanol–water partition coefficient (Wildman–Crippen LogP) is 5.84. The fourth-order valence-corrected chi connectivity index (χ4v) is 4.24. The third-order valence-corrected chi connectivity index (χ3v) is 6.09. The second-order valence-corrected chi connectivity index (χ2v) is 8.94. The second-order valence-electron chi connectivity index (χ2n) is 8.51. The number of alkyl halides is 6. The standard InChI is InChI=1S/C24H21ClF6N4O2/c25-16-3-5-18(6-4-16)35-21(23(26,27)28)20(13-32-35)22(36)33-17-9-11-34(12-10-17)14-15-1-7-19(8-2-15)37-24(29,30)31/h1-8,13,17H,9-12,14H2,(H,33,36). The van der Waals surface area contributed by atoms with E-state index in [1.807, 2.05) is 4.90 Å². The van der Waals surface area contributed by atoms with Crippen molar-refractivity contribution in [3.05, 3.63) is 76.6 Å². The highest BCUT2D eigenvalue weighted by atomic mass is 35.5. The van der Waals surface area contributed by atoms with E-state index in [0.29, 0.717) is 42.2 Å². The quantitative estimate of drug-likeness (QED) is 0.395. The van der Waals surface area contributed by atoms with Gasteiger partial charge in [0.25, 0.3) is 5.91 Å². The number of nitrogens with one attached hydrogen (secondary N) is 1. The molecule has 13 heteroatoms. The zero-order chi connectivity index (χ0) is 26.8. The number of likely N-dealkylation sites (tertiary alicyclic amines) is 1. The average molecular weight is 547 g/mol. The summed E-state index contributed by atoms with van der Waals surface area (Å²) in [4.78, 5) is 14.8. The van der Waals surface area contributed by atoms with E-state index in [9.17, 15) is 31.1 Å². The summed E-state index contributed by atoms with van der Waals surface area (Å²) in [6.45, 7) is 1.56. The number of amides is 1. The van der Waals surface area contributed by atoms with E-state index < -0.39 is 29.7 Å². The molecule has 2 heterocycles. The Balaban J connectivity index is 1.36. The molecule has 6 nitrogen and oxygen atoms in total. The lowest BCUT2D eigenvalue weighted by atomic mass is 10.0. The Labute approximate surface area is 212 Å². The van der Waals surface area contributed by atoms with Crippen molar-refractivity contribution in [2.24, 2.45) is 0 Å². The van der Waals surface area contributed by atoms with E-state index in [0.717, 1.165) is 11.8 Å². The average Bonchev–Trinajstić information content (AvgIpc) is 3.27. The van der Waals surface area contributed by atoms with Gasteiger partial charge in [0.2, 0.25) is 0 Å². The summed E-state index contributed by atoms with van der Waals surface area (Å²) in [5, 5.41) is 6.81. The number of carbonyl (C=O) groups is 1. The predicted molar refractivity (Wildman–Crippen MR) is 122 cm³/mol. The molecular weight excluding hydrogens is 526 g/mol. The van der Waals surface area contributed by atoms with Crippen LogP contribution in [0.1, 0.15) is 34.5 Å². The summed E-state index contributed by atoms with van der Waals surface area (Å²) in [7, 11) is 0. The molecule has 1 saturated heterocycles. The molecule has 0 atom stereocenters. The van der Waals surface area contributed by atoms with Crippen LogP contribution in [0, 0.1) is 0 Å². The van der Waals surface area contributed by atoms with Gasteiger partial charge in [-0.15, -0.1) is 13.2 Å². The monoisotopic (exact) mass is 546 g/mol. The lowest BCUT2D eigenvalue weighted by molar-refractivity contribution is -0.274. The van der Waals surface area contributed by atoms with Gasteiger partial charge in [0.15, 0.2) is 5.69 Å². The first-order valence-electron chi connectivity index (χ1n) is 11.2. The fraction of sp³-hybridized carbons (Fsp3) is 0.333. The van der Waals surface area contributed by atoms with Crippen LogP contribution in [0.4, 0.5) is 26.3 Å². The molecule has 0 saturated carbocycles. The Morgan fingerprint density at radius 2 is 1.62 bits per heavy atom. The van der Waals surface area contributed by atoms with Gasteiger partial charge in [0, 0.05) is 30.7 Å². The summed E-state index contributed by atoms with van der Waals surface area (Å²) in [5.41, 5.74) is -0.864. The zero-order valence-electron chi connectivity index (χ0n) is 19.1. The van der Waals surface area contributed by atoms with Crippen molar-refractivity contribution < 1.29 is 35.9 Å². The first-order chi connectivity index (χ1) is 17.4. The number of benzene rings is 2. The van der Waals surface area contributed by atoms with Crippen LogP contribution in [0.3, 0.4) is 0 Å². The Morgan fingerprint density at radius 1 is 1.00 bits per heavy atom. The lowest BCUT2D eigenvalue weighted by Gasteiger charge is -2.32. The first kappa shape index (κ1) is 26.8. The van der Waals surface area contributed by atoms with Gasteiger partial charge >= 0.3 is 12.5 Å². The van der Waals surface area contributed by atoms with Crippen LogP contribution in [-0.2, 0) is 12.7 Å². The minimum Gasteiger partial charge on any atom is -0.406 e. The molecule has 4 rings (SSSR count). The summed E-state index contributed by atoms with van der Waals surface area (Å²) < 4.78 is 83.0. The van der Waals surface area contributed by atoms with Crippen molar-refractivity contribution in [3.63, 3.8) is 0 Å². The van der Waals surface area contributed by atoms with Crippen molar-refractivity contribution in [2.75, 3.05) is 13.1 Å². The molecule has 1 aliphatic heterocycles. The van der Waals surface area contributed by atoms with E-state index in [-0.39, 0.29) is 17.5 Å². The van der Waals surface area contributed by atoms with Gasteiger partial charge in [-0.25, -0.2) is 4.68 Å². The molecule has 37 heavy (non-hydrogen) atoms. The Hall–Kier alpha value is -3.25. The highest BCUT2D eigenvalue weighted by Gasteiger charge is 2.41. The van der Waals surface area contributed by atoms with Crippen LogP contribution in [0.25, 0.3) is 5.69 Å². The van der Waals surface area contributed by atoms with E-state index in [2.05, 4.69) is 15.2 Å². The second kappa shape index (κ2) is 10.6. The summed E-state index contributed by atoms with van der Waals surface area (Å²) >= 11 is 5.81. The number of piperidine rings is 1. The third kappa shape index (κ3) is 6.95. The van der Waals surface area contributed by atoms with Crippen molar-refractivity contribution in [2.45, 2.75) is 38.0 Å². The van der Waals surface area contributed by atoms with Crippen LogP contribution in [0.15, 0.2) is 54.7 Å². The number of ether oxygens (including phenoxy) is 1.